The Morgan fingerprint density at radius 2 is 1.56 bits per heavy atom. The van der Waals surface area contributed by atoms with Crippen molar-refractivity contribution in [2.45, 2.75) is 4.90 Å². The number of nitro groups is 2. The minimum atomic E-state index is -5.41. The highest BCUT2D eigenvalue weighted by atomic mass is 32.2. The van der Waals surface area contributed by atoms with Crippen LogP contribution in [0.2, 0.25) is 0 Å². The van der Waals surface area contributed by atoms with E-state index < -0.39 is 94.5 Å². The molecular formula is C22H15N7O12S2. The fourth-order valence-corrected chi connectivity index (χ4v) is 5.09. The van der Waals surface area contributed by atoms with E-state index in [9.17, 15) is 56.4 Å². The number of nitrogens with one attached hydrogen (secondary N) is 2. The lowest BCUT2D eigenvalue weighted by molar-refractivity contribution is -0.394. The van der Waals surface area contributed by atoms with E-state index in [-0.39, 0.29) is 5.69 Å². The van der Waals surface area contributed by atoms with Crippen LogP contribution in [0.15, 0.2) is 79.6 Å². The Labute approximate surface area is 237 Å². The van der Waals surface area contributed by atoms with Gasteiger partial charge in [0.25, 0.3) is 15.8 Å². The molecule has 0 bridgehead atoms. The van der Waals surface area contributed by atoms with Gasteiger partial charge in [0, 0.05) is 11.3 Å². The number of nitro benzene ring substituents is 2. The third-order valence-electron chi connectivity index (χ3n) is 5.62. The quantitative estimate of drug-likeness (QED) is 0.0424. The van der Waals surface area contributed by atoms with E-state index >= 15 is 0 Å². The predicted molar refractivity (Wildman–Crippen MR) is 144 cm³/mol. The van der Waals surface area contributed by atoms with Crippen molar-refractivity contribution >= 4 is 48.6 Å². The van der Waals surface area contributed by atoms with Crippen molar-refractivity contribution in [1.82, 2.24) is 0 Å². The zero-order chi connectivity index (χ0) is 31.9. The molecule has 0 fully saturated rings. The Hall–Kier alpha value is -5.48. The molecule has 43 heavy (non-hydrogen) atoms. The summed E-state index contributed by atoms with van der Waals surface area (Å²) in [7, 11) is -10.4. The summed E-state index contributed by atoms with van der Waals surface area (Å²) in [5, 5.41) is 48.6. The summed E-state index contributed by atoms with van der Waals surface area (Å²) < 4.78 is 65.4. The molecule has 0 aliphatic heterocycles. The van der Waals surface area contributed by atoms with Crippen molar-refractivity contribution in [2.24, 2.45) is 15.3 Å². The first kappa shape index (κ1) is 30.5. The van der Waals surface area contributed by atoms with Gasteiger partial charge in [0.15, 0.2) is 5.36 Å². The predicted octanol–water partition coefficient (Wildman–Crippen LogP) is 2.00. The molecule has 0 saturated carbocycles. The van der Waals surface area contributed by atoms with Crippen LogP contribution >= 0.6 is 0 Å². The number of rotatable bonds is 7. The number of aromatic hydroxyl groups is 1. The Kier molecular flexibility index (Phi) is 7.85. The van der Waals surface area contributed by atoms with Gasteiger partial charge in [0.2, 0.25) is 21.3 Å². The summed E-state index contributed by atoms with van der Waals surface area (Å²) in [5.41, 5.74) is -2.81. The Morgan fingerprint density at radius 1 is 0.907 bits per heavy atom. The molecule has 2 aromatic carbocycles. The second-order valence-corrected chi connectivity index (χ2v) is 11.2. The Balaban J connectivity index is 2.14. The van der Waals surface area contributed by atoms with Crippen LogP contribution < -0.4 is 21.6 Å². The lowest BCUT2D eigenvalue weighted by Crippen LogP contribution is -2.35. The largest absolute Gasteiger partial charge is 0.501 e. The molecule has 0 atom stereocenters. The molecule has 2 aromatic rings. The van der Waals surface area contributed by atoms with Crippen LogP contribution in [0.4, 0.5) is 28.4 Å². The van der Waals surface area contributed by atoms with Crippen molar-refractivity contribution in [1.29, 1.82) is 5.41 Å². The number of nitrogens with zero attached hydrogens (tertiary/aromatic N) is 5. The van der Waals surface area contributed by atoms with Crippen molar-refractivity contribution in [3.63, 3.8) is 0 Å². The molecule has 2 aliphatic rings. The van der Waals surface area contributed by atoms with Gasteiger partial charge >= 0.3 is 5.69 Å². The summed E-state index contributed by atoms with van der Waals surface area (Å²) in [4.78, 5) is 32.4. The first-order chi connectivity index (χ1) is 20.0. The molecule has 0 unspecified atom stereocenters. The topological polar surface area (TPSA) is 308 Å². The monoisotopic (exact) mass is 633 g/mol. The molecule has 0 spiro atoms. The van der Waals surface area contributed by atoms with Gasteiger partial charge in [0.05, 0.1) is 36.7 Å². The fourth-order valence-electron chi connectivity index (χ4n) is 3.73. The number of phenolic OH excluding ortho intramolecular Hbond substituents is 1. The molecule has 0 heterocycles. The number of hydrogen-bond donors (Lipinski definition) is 6. The van der Waals surface area contributed by atoms with Gasteiger partial charge in [-0.3, -0.25) is 49.5 Å². The highest BCUT2D eigenvalue weighted by Gasteiger charge is 2.25. The molecule has 0 aromatic heterocycles. The first-order valence-corrected chi connectivity index (χ1v) is 14.0. The molecule has 0 amide bonds. The number of hydrogen-bond acceptors (Lipinski definition) is 14. The molecule has 19 nitrogen and oxygen atoms in total. The third kappa shape index (κ3) is 6.09. The zero-order valence-corrected chi connectivity index (χ0v) is 22.4. The maximum Gasteiger partial charge on any atom is 0.319 e. The Morgan fingerprint density at radius 3 is 2.12 bits per heavy atom. The van der Waals surface area contributed by atoms with Crippen LogP contribution in [-0.4, -0.2) is 41.2 Å². The summed E-state index contributed by atoms with van der Waals surface area (Å²) in [6.07, 6.45) is 0. The molecule has 4 rings (SSSR count). The number of azo groups is 1. The van der Waals surface area contributed by atoms with Crippen molar-refractivity contribution in [3.05, 3.63) is 111 Å². The molecule has 2 aliphatic carbocycles. The van der Waals surface area contributed by atoms with Crippen LogP contribution in [0.3, 0.4) is 0 Å². The van der Waals surface area contributed by atoms with Gasteiger partial charge in [-0.15, -0.1) is 5.11 Å². The van der Waals surface area contributed by atoms with E-state index in [2.05, 4.69) is 15.3 Å². The SMILES string of the molecule is N=c1c(N=Nc2ccccc2)cc(=S(=O)(O)O)c2cc(S(=O)(=O)O)c(=NNc3cc([N+](=O)[O-])cc([N+](=O)[O-])c3O)c(=O)c1=2. The van der Waals surface area contributed by atoms with Crippen molar-refractivity contribution < 1.29 is 41.2 Å². The molecule has 6 N–H and O–H groups in total. The molecule has 222 valence electrons. The van der Waals surface area contributed by atoms with Crippen molar-refractivity contribution in [3.8, 4) is 5.75 Å². The highest BCUT2D eigenvalue weighted by molar-refractivity contribution is 7.85. The minimum absolute atomic E-state index is 0.257. The smallest absolute Gasteiger partial charge is 0.319 e. The average Bonchev–Trinajstić information content (AvgIpc) is 2.91. The standard InChI is InChI=1S/C22H15N7O12S2/c23-19-13(25-24-10-4-2-1-3-5-10)9-16(42(36,37)38)12-8-17(43(39,40)41)20(22(31)18(12)19)27-26-14-6-11(28(32)33)7-15(21(14)30)29(34)35/h1-9,23,26,30H,(H2,36,37,38)(H,39,40,41). The number of phenols is 1. The molecular weight excluding hydrogens is 618 g/mol. The van der Waals surface area contributed by atoms with E-state index in [1.54, 1.807) is 18.2 Å². The van der Waals surface area contributed by atoms with Crippen molar-refractivity contribution in [2.75, 3.05) is 5.43 Å². The number of anilines is 1. The number of non-ortho nitro benzene ring substituents is 1. The van der Waals surface area contributed by atoms with Crippen LogP contribution in [0.25, 0.3) is 0 Å². The van der Waals surface area contributed by atoms with Gasteiger partial charge in [-0.2, -0.15) is 18.6 Å². The summed E-state index contributed by atoms with van der Waals surface area (Å²) >= 11 is 0. The summed E-state index contributed by atoms with van der Waals surface area (Å²) in [5.74, 6) is -1.20. The van der Waals surface area contributed by atoms with Gasteiger partial charge in [-0.05, 0) is 24.3 Å². The van der Waals surface area contributed by atoms with Crippen LogP contribution in [0.1, 0.15) is 0 Å². The second-order valence-electron chi connectivity index (χ2n) is 8.35. The van der Waals surface area contributed by atoms with E-state index in [1.807, 2.05) is 5.43 Å². The number of benzene rings is 2. The zero-order valence-electron chi connectivity index (χ0n) is 20.8. The van der Waals surface area contributed by atoms with Gasteiger partial charge in [-0.1, -0.05) is 18.2 Å². The van der Waals surface area contributed by atoms with E-state index in [1.165, 1.54) is 12.1 Å². The van der Waals surface area contributed by atoms with Gasteiger partial charge in [0.1, 0.15) is 16.3 Å². The second kappa shape index (κ2) is 11.1. The lowest BCUT2D eigenvalue weighted by atomic mass is 10.1. The first-order valence-electron chi connectivity index (χ1n) is 11.1. The van der Waals surface area contributed by atoms with Crippen LogP contribution in [0, 0.1) is 40.6 Å². The fraction of sp³-hybridized carbons (Fsp3) is 0. The normalized spacial score (nSPS) is 12.6. The van der Waals surface area contributed by atoms with Gasteiger partial charge in [-0.25, -0.2) is 4.21 Å². The molecule has 0 radical (unpaired) electrons. The maximum atomic E-state index is 13.5. The molecule has 21 heteroatoms. The van der Waals surface area contributed by atoms with Gasteiger partial charge < -0.3 is 5.11 Å². The minimum Gasteiger partial charge on any atom is -0.501 e. The summed E-state index contributed by atoms with van der Waals surface area (Å²) in [6.45, 7) is 0. The van der Waals surface area contributed by atoms with E-state index in [0.717, 1.165) is 0 Å². The van der Waals surface area contributed by atoms with Crippen LogP contribution in [-0.2, 0) is 20.2 Å². The summed E-state index contributed by atoms with van der Waals surface area (Å²) in [6, 6.07) is 9.98. The van der Waals surface area contributed by atoms with E-state index in [4.69, 9.17) is 5.41 Å². The Bertz CT molecular complexity index is 2370. The lowest BCUT2D eigenvalue weighted by Gasteiger charge is -2.06. The molecule has 0 saturated heterocycles. The highest BCUT2D eigenvalue weighted by Crippen LogP contribution is 2.37. The van der Waals surface area contributed by atoms with E-state index in [0.29, 0.717) is 24.3 Å². The average molecular weight is 634 g/mol. The van der Waals surface area contributed by atoms with Crippen LogP contribution in [0.5, 0.6) is 5.75 Å². The maximum absolute atomic E-state index is 13.5. The third-order valence-corrected chi connectivity index (χ3v) is 7.40.